The van der Waals surface area contributed by atoms with Crippen molar-refractivity contribution in [2.24, 2.45) is 5.73 Å². The van der Waals surface area contributed by atoms with Gasteiger partial charge in [-0.25, -0.2) is 0 Å². The Hall–Kier alpha value is -0.380. The van der Waals surface area contributed by atoms with E-state index >= 15 is 0 Å². The summed E-state index contributed by atoms with van der Waals surface area (Å²) in [4.78, 5) is 0. The quantitative estimate of drug-likeness (QED) is 0.872. The summed E-state index contributed by atoms with van der Waals surface area (Å²) in [6, 6.07) is 8.32. The van der Waals surface area contributed by atoms with Gasteiger partial charge in [0.1, 0.15) is 0 Å². The second kappa shape index (κ2) is 6.53. The minimum atomic E-state index is -0.234. The predicted molar refractivity (Wildman–Crippen MR) is 76.1 cm³/mol. The molecule has 0 aromatic heterocycles. The van der Waals surface area contributed by atoms with E-state index < -0.39 is 0 Å². The van der Waals surface area contributed by atoms with E-state index in [1.807, 2.05) is 19.1 Å². The van der Waals surface area contributed by atoms with Crippen molar-refractivity contribution >= 4 is 15.9 Å². The number of halogens is 1. The predicted octanol–water partition coefficient (Wildman–Crippen LogP) is 3.52. The van der Waals surface area contributed by atoms with Crippen LogP contribution < -0.4 is 5.73 Å². The molecule has 0 radical (unpaired) electrons. The highest BCUT2D eigenvalue weighted by Gasteiger charge is 2.30. The van der Waals surface area contributed by atoms with Crippen LogP contribution in [-0.2, 0) is 11.2 Å². The van der Waals surface area contributed by atoms with Crippen LogP contribution in [0.4, 0.5) is 0 Å². The molecule has 1 aromatic rings. The monoisotopic (exact) mass is 299 g/mol. The number of nitrogens with two attached hydrogens (primary N) is 1. The summed E-state index contributed by atoms with van der Waals surface area (Å²) in [5.74, 6) is 0. The molecule has 1 rings (SSSR count). The molecule has 2 N–H and O–H groups in total. The first kappa shape index (κ1) is 14.7. The van der Waals surface area contributed by atoms with Crippen LogP contribution in [0.25, 0.3) is 0 Å². The molecule has 0 aliphatic carbocycles. The Balaban J connectivity index is 2.69. The first-order valence-electron chi connectivity index (χ1n) is 6.15. The summed E-state index contributed by atoms with van der Waals surface area (Å²) < 4.78 is 6.90. The van der Waals surface area contributed by atoms with Crippen LogP contribution in [0.5, 0.6) is 0 Å². The lowest BCUT2D eigenvalue weighted by Gasteiger charge is -2.34. The fourth-order valence-corrected chi connectivity index (χ4v) is 2.16. The lowest BCUT2D eigenvalue weighted by molar-refractivity contribution is -0.0461. The number of hydrogen-bond acceptors (Lipinski definition) is 2. The molecule has 0 saturated heterocycles. The van der Waals surface area contributed by atoms with Crippen molar-refractivity contribution in [3.63, 3.8) is 0 Å². The minimum Gasteiger partial charge on any atom is -0.374 e. The van der Waals surface area contributed by atoms with Gasteiger partial charge in [-0.05, 0) is 44.4 Å². The average Bonchev–Trinajstić information content (AvgIpc) is 2.32. The Labute approximate surface area is 113 Å². The molecule has 2 nitrogen and oxygen atoms in total. The van der Waals surface area contributed by atoms with Crippen molar-refractivity contribution in [3.05, 3.63) is 34.3 Å². The third-order valence-electron chi connectivity index (χ3n) is 3.33. The Morgan fingerprint density at radius 3 is 2.35 bits per heavy atom. The van der Waals surface area contributed by atoms with Crippen LogP contribution in [0.2, 0.25) is 0 Å². The summed E-state index contributed by atoms with van der Waals surface area (Å²) in [5, 5.41) is 0. The molecule has 0 fully saturated rings. The summed E-state index contributed by atoms with van der Waals surface area (Å²) in [6.07, 6.45) is 1.77. The number of rotatable bonds is 6. The lowest BCUT2D eigenvalue weighted by Crippen LogP contribution is -2.48. The van der Waals surface area contributed by atoms with E-state index in [4.69, 9.17) is 10.5 Å². The lowest BCUT2D eigenvalue weighted by atomic mass is 9.89. The largest absolute Gasteiger partial charge is 0.374 e. The number of ether oxygens (including phenoxy) is 1. The van der Waals surface area contributed by atoms with Gasteiger partial charge in [-0.15, -0.1) is 0 Å². The van der Waals surface area contributed by atoms with E-state index in [-0.39, 0.29) is 11.6 Å². The van der Waals surface area contributed by atoms with Gasteiger partial charge >= 0.3 is 0 Å². The Morgan fingerprint density at radius 2 is 1.88 bits per heavy atom. The highest BCUT2D eigenvalue weighted by Crippen LogP contribution is 2.22. The van der Waals surface area contributed by atoms with E-state index in [0.717, 1.165) is 17.3 Å². The fraction of sp³-hybridized carbons (Fsp3) is 0.571. The molecule has 0 aliphatic rings. The van der Waals surface area contributed by atoms with Crippen molar-refractivity contribution in [1.29, 1.82) is 0 Å². The number of benzene rings is 1. The van der Waals surface area contributed by atoms with Gasteiger partial charge in [-0.2, -0.15) is 0 Å². The van der Waals surface area contributed by atoms with Gasteiger partial charge in [0.05, 0.1) is 5.60 Å². The third-order valence-corrected chi connectivity index (χ3v) is 3.86. The smallest absolute Gasteiger partial charge is 0.0805 e. The highest BCUT2D eigenvalue weighted by molar-refractivity contribution is 9.10. The minimum absolute atomic E-state index is 0.0219. The maximum atomic E-state index is 6.28. The van der Waals surface area contributed by atoms with Gasteiger partial charge in [0.2, 0.25) is 0 Å². The average molecular weight is 300 g/mol. The maximum absolute atomic E-state index is 6.28. The zero-order chi connectivity index (χ0) is 12.9. The SMILES string of the molecule is CCOC(C)(CC)C(N)Cc1ccc(Br)cc1. The van der Waals surface area contributed by atoms with E-state index in [1.165, 1.54) is 5.56 Å². The summed E-state index contributed by atoms with van der Waals surface area (Å²) in [5.41, 5.74) is 7.30. The molecule has 2 unspecified atom stereocenters. The standard InChI is InChI=1S/C14H22BrNO/c1-4-14(3,17-5-2)13(16)10-11-6-8-12(15)9-7-11/h6-9,13H,4-5,10,16H2,1-3H3. The molecule has 96 valence electrons. The van der Waals surface area contributed by atoms with Gasteiger partial charge in [-0.1, -0.05) is 35.0 Å². The molecule has 17 heavy (non-hydrogen) atoms. The third kappa shape index (κ3) is 4.09. The topological polar surface area (TPSA) is 35.2 Å². The van der Waals surface area contributed by atoms with Gasteiger partial charge in [0.25, 0.3) is 0 Å². The van der Waals surface area contributed by atoms with Gasteiger partial charge < -0.3 is 10.5 Å². The molecule has 0 heterocycles. The molecule has 0 amide bonds. The molecule has 0 aliphatic heterocycles. The molecular weight excluding hydrogens is 278 g/mol. The molecule has 1 aromatic carbocycles. The zero-order valence-electron chi connectivity index (χ0n) is 10.9. The van der Waals surface area contributed by atoms with Crippen molar-refractivity contribution in [2.45, 2.75) is 45.3 Å². The van der Waals surface area contributed by atoms with Gasteiger partial charge in [0.15, 0.2) is 0 Å². The molecule has 0 bridgehead atoms. The second-order valence-corrected chi connectivity index (χ2v) is 5.45. The van der Waals surface area contributed by atoms with Crippen LogP contribution in [0.3, 0.4) is 0 Å². The van der Waals surface area contributed by atoms with Crippen LogP contribution in [-0.4, -0.2) is 18.2 Å². The van der Waals surface area contributed by atoms with E-state index in [9.17, 15) is 0 Å². The molecular formula is C14H22BrNO. The Bertz CT molecular complexity index is 339. The van der Waals surface area contributed by atoms with Crippen LogP contribution in [0.1, 0.15) is 32.8 Å². The number of hydrogen-bond donors (Lipinski definition) is 1. The Morgan fingerprint density at radius 1 is 1.29 bits per heavy atom. The van der Waals surface area contributed by atoms with Crippen molar-refractivity contribution in [3.8, 4) is 0 Å². The first-order chi connectivity index (χ1) is 8.01. The van der Waals surface area contributed by atoms with Crippen LogP contribution >= 0.6 is 15.9 Å². The van der Waals surface area contributed by atoms with Gasteiger partial charge in [-0.3, -0.25) is 0 Å². The van der Waals surface area contributed by atoms with Crippen LogP contribution in [0.15, 0.2) is 28.7 Å². The van der Waals surface area contributed by atoms with Crippen molar-refractivity contribution in [2.75, 3.05) is 6.61 Å². The van der Waals surface area contributed by atoms with Gasteiger partial charge in [0, 0.05) is 17.1 Å². The van der Waals surface area contributed by atoms with Crippen molar-refractivity contribution in [1.82, 2.24) is 0 Å². The van der Waals surface area contributed by atoms with E-state index in [0.29, 0.717) is 6.61 Å². The highest BCUT2D eigenvalue weighted by atomic mass is 79.9. The second-order valence-electron chi connectivity index (χ2n) is 4.54. The first-order valence-corrected chi connectivity index (χ1v) is 6.95. The Kier molecular flexibility index (Phi) is 5.63. The molecule has 0 spiro atoms. The normalized spacial score (nSPS) is 16.5. The molecule has 2 atom stereocenters. The van der Waals surface area contributed by atoms with Crippen molar-refractivity contribution < 1.29 is 4.74 Å². The summed E-state index contributed by atoms with van der Waals surface area (Å²) in [7, 11) is 0. The van der Waals surface area contributed by atoms with E-state index in [2.05, 4.69) is 41.9 Å². The fourth-order valence-electron chi connectivity index (χ4n) is 1.89. The summed E-state index contributed by atoms with van der Waals surface area (Å²) in [6.45, 7) is 6.94. The van der Waals surface area contributed by atoms with E-state index in [1.54, 1.807) is 0 Å². The van der Waals surface area contributed by atoms with Crippen LogP contribution in [0, 0.1) is 0 Å². The molecule has 0 saturated carbocycles. The summed E-state index contributed by atoms with van der Waals surface area (Å²) >= 11 is 3.43. The maximum Gasteiger partial charge on any atom is 0.0805 e. The molecule has 3 heteroatoms. The zero-order valence-corrected chi connectivity index (χ0v) is 12.5.